The van der Waals surface area contributed by atoms with E-state index in [1.165, 1.54) is 11.3 Å². The van der Waals surface area contributed by atoms with Crippen LogP contribution in [0.5, 0.6) is 5.75 Å². The lowest BCUT2D eigenvalue weighted by Gasteiger charge is -2.41. The van der Waals surface area contributed by atoms with E-state index >= 15 is 0 Å². The fourth-order valence-corrected chi connectivity index (χ4v) is 11.0. The molecule has 0 bridgehead atoms. The molecule has 74 heavy (non-hydrogen) atoms. The van der Waals surface area contributed by atoms with Gasteiger partial charge in [-0.2, -0.15) is 18.3 Å². The molecule has 0 radical (unpaired) electrons. The zero-order chi connectivity index (χ0) is 51.8. The van der Waals surface area contributed by atoms with Crippen molar-refractivity contribution in [1.29, 1.82) is 0 Å². The van der Waals surface area contributed by atoms with Crippen LogP contribution in [-0.2, 0) is 34.4 Å². The van der Waals surface area contributed by atoms with Crippen molar-refractivity contribution >= 4 is 78.7 Å². The molecule has 10 rings (SSSR count). The van der Waals surface area contributed by atoms with Gasteiger partial charge in [0.1, 0.15) is 17.6 Å². The highest BCUT2D eigenvalue weighted by Crippen LogP contribution is 2.36. The van der Waals surface area contributed by atoms with Crippen LogP contribution < -0.4 is 25.6 Å². The highest BCUT2D eigenvalue weighted by molar-refractivity contribution is 7.22. The number of carbonyl (C=O) groups is 5. The average Bonchev–Trinajstić information content (AvgIpc) is 3.94. The molecule has 2 saturated heterocycles. The van der Waals surface area contributed by atoms with E-state index in [2.05, 4.69) is 31.0 Å². The number of aromatic nitrogens is 4. The first-order valence-corrected chi connectivity index (χ1v) is 25.0. The normalized spacial score (nSPS) is 17.6. The van der Waals surface area contributed by atoms with Gasteiger partial charge in [-0.25, -0.2) is 14.8 Å². The van der Waals surface area contributed by atoms with E-state index in [-0.39, 0.29) is 43.6 Å². The third-order valence-corrected chi connectivity index (χ3v) is 14.9. The maximum Gasteiger partial charge on any atom is 0.405 e. The molecule has 4 aromatic carbocycles. The van der Waals surface area contributed by atoms with E-state index < -0.39 is 42.5 Å². The number of anilines is 3. The molecule has 2 unspecified atom stereocenters. The summed E-state index contributed by atoms with van der Waals surface area (Å²) in [6.45, 7) is 2.68. The number of piperazine rings is 1. The second-order valence-corrected chi connectivity index (χ2v) is 19.7. The van der Waals surface area contributed by atoms with E-state index in [9.17, 15) is 42.3 Å². The van der Waals surface area contributed by atoms with Crippen molar-refractivity contribution in [1.82, 2.24) is 34.9 Å². The number of piperidine rings is 1. The lowest BCUT2D eigenvalue weighted by Crippen LogP contribution is -2.60. The van der Waals surface area contributed by atoms with Gasteiger partial charge in [-0.1, -0.05) is 47.7 Å². The standard InChI is InChI=1S/C53H51F3N10O7S/c1-30-33(34-16-18-44(59-48(34)51(71)72)66-22-20-31-8-5-10-35(38(31)27-66)49(69)61-52-58-39-11-3-4-13-42(39)74-52)9-6-12-41(30)73-25-7-21-64-23-24-65(43(28-64)53(54,55)56)29-46(68)57-32-14-15-36-40(26-32)63(2)62-47(36)37-17-19-45(67)60-50(37)70/h3-6,8-16,18,26,37,43H,7,17,19-25,27-29H2,1-2H3,(H,57,68)(H,71,72)(H,58,61,69)(H,60,67,70). The molecule has 4 N–H and O–H groups in total. The predicted molar refractivity (Wildman–Crippen MR) is 273 cm³/mol. The number of amides is 4. The third kappa shape index (κ3) is 10.4. The Hall–Kier alpha value is -7.75. The number of pyridine rings is 1. The Kier molecular flexibility index (Phi) is 13.9. The van der Waals surface area contributed by atoms with Crippen LogP contribution in [0.1, 0.15) is 68.4 Å². The van der Waals surface area contributed by atoms with E-state index in [0.29, 0.717) is 107 Å². The number of fused-ring (bicyclic) bond motifs is 3. The summed E-state index contributed by atoms with van der Waals surface area (Å²) in [6.07, 6.45) is -3.08. The van der Waals surface area contributed by atoms with Gasteiger partial charge in [0.15, 0.2) is 10.8 Å². The molecule has 0 aliphatic carbocycles. The van der Waals surface area contributed by atoms with Gasteiger partial charge in [0.2, 0.25) is 17.7 Å². The molecule has 382 valence electrons. The number of hydrogen-bond acceptors (Lipinski definition) is 13. The minimum Gasteiger partial charge on any atom is -0.493 e. The third-order valence-electron chi connectivity index (χ3n) is 13.9. The molecule has 21 heteroatoms. The number of para-hydroxylation sites is 1. The highest BCUT2D eigenvalue weighted by Gasteiger charge is 2.47. The van der Waals surface area contributed by atoms with Gasteiger partial charge in [-0.15, -0.1) is 0 Å². The van der Waals surface area contributed by atoms with Gasteiger partial charge in [0.05, 0.1) is 40.5 Å². The first-order valence-electron chi connectivity index (χ1n) is 24.2. The van der Waals surface area contributed by atoms with E-state index in [1.54, 1.807) is 71.2 Å². The highest BCUT2D eigenvalue weighted by atomic mass is 32.1. The van der Waals surface area contributed by atoms with Gasteiger partial charge in [0, 0.05) is 74.9 Å². The summed E-state index contributed by atoms with van der Waals surface area (Å²) in [6, 6.07) is 25.1. The van der Waals surface area contributed by atoms with Crippen LogP contribution in [0.25, 0.3) is 32.2 Å². The largest absolute Gasteiger partial charge is 0.493 e. The van der Waals surface area contributed by atoms with Crippen LogP contribution in [0.3, 0.4) is 0 Å². The van der Waals surface area contributed by atoms with Gasteiger partial charge in [-0.05, 0) is 103 Å². The molecule has 17 nitrogen and oxygen atoms in total. The quantitative estimate of drug-likeness (QED) is 0.0615. The predicted octanol–water partition coefficient (Wildman–Crippen LogP) is 7.54. The molecule has 0 spiro atoms. The summed E-state index contributed by atoms with van der Waals surface area (Å²) in [5, 5.41) is 24.1. The maximum absolute atomic E-state index is 14.5. The lowest BCUT2D eigenvalue weighted by molar-refractivity contribution is -0.197. The maximum atomic E-state index is 14.5. The second kappa shape index (κ2) is 20.6. The number of rotatable bonds is 14. The van der Waals surface area contributed by atoms with Gasteiger partial charge in [-0.3, -0.25) is 39.4 Å². The number of imide groups is 1. The Morgan fingerprint density at radius 1 is 0.919 bits per heavy atom. The van der Waals surface area contributed by atoms with Crippen LogP contribution >= 0.6 is 11.3 Å². The molecule has 0 saturated carbocycles. The monoisotopic (exact) mass is 1030 g/mol. The summed E-state index contributed by atoms with van der Waals surface area (Å²) >= 11 is 1.39. The van der Waals surface area contributed by atoms with E-state index in [0.717, 1.165) is 26.2 Å². The van der Waals surface area contributed by atoms with Crippen molar-refractivity contribution in [2.45, 2.75) is 57.3 Å². The van der Waals surface area contributed by atoms with Gasteiger partial charge in [0.25, 0.3) is 5.91 Å². The van der Waals surface area contributed by atoms with E-state index in [4.69, 9.17) is 4.74 Å². The van der Waals surface area contributed by atoms with Gasteiger partial charge >= 0.3 is 12.1 Å². The minimum absolute atomic E-state index is 0.00344. The smallest absolute Gasteiger partial charge is 0.405 e. The van der Waals surface area contributed by atoms with Crippen LogP contribution in [0.2, 0.25) is 0 Å². The molecule has 2 atom stereocenters. The summed E-state index contributed by atoms with van der Waals surface area (Å²) in [5.74, 6) is -2.55. The van der Waals surface area contributed by atoms with Crippen LogP contribution in [0.15, 0.2) is 91.0 Å². The average molecular weight is 1030 g/mol. The topological polar surface area (TPSA) is 204 Å². The zero-order valence-electron chi connectivity index (χ0n) is 40.4. The zero-order valence-corrected chi connectivity index (χ0v) is 41.2. The molecule has 4 amide bonds. The number of aromatic carboxylic acids is 1. The number of carboxylic acid groups (broad SMARTS) is 1. The first-order chi connectivity index (χ1) is 35.6. The fraction of sp³-hybridized carbons (Fsp3) is 0.321. The van der Waals surface area contributed by atoms with Crippen molar-refractivity contribution in [3.63, 3.8) is 0 Å². The first kappa shape index (κ1) is 49.8. The molecule has 2 fully saturated rings. The fourth-order valence-electron chi connectivity index (χ4n) is 10.2. The summed E-state index contributed by atoms with van der Waals surface area (Å²) < 4.78 is 52.3. The molecule has 6 heterocycles. The summed E-state index contributed by atoms with van der Waals surface area (Å²) in [7, 11) is 1.68. The second-order valence-electron chi connectivity index (χ2n) is 18.7. The van der Waals surface area contributed by atoms with Crippen molar-refractivity contribution in [2.75, 3.05) is 61.4 Å². The Labute approximate surface area is 426 Å². The van der Waals surface area contributed by atoms with Crippen LogP contribution in [-0.4, -0.2) is 122 Å². The molecule has 3 aromatic heterocycles. The van der Waals surface area contributed by atoms with Crippen molar-refractivity contribution in [3.05, 3.63) is 125 Å². The van der Waals surface area contributed by atoms with Crippen LogP contribution in [0, 0.1) is 6.92 Å². The van der Waals surface area contributed by atoms with Crippen molar-refractivity contribution < 1.29 is 47.0 Å². The number of hydrogen-bond donors (Lipinski definition) is 4. The number of nitrogens with one attached hydrogen (secondary N) is 3. The molecule has 3 aliphatic rings. The summed E-state index contributed by atoms with van der Waals surface area (Å²) in [4.78, 5) is 77.9. The summed E-state index contributed by atoms with van der Waals surface area (Å²) in [5.41, 5.74) is 6.12. The number of nitrogens with zero attached hydrogens (tertiary/aromatic N) is 7. The molecular formula is C53H51F3N10O7S. The van der Waals surface area contributed by atoms with Gasteiger partial charge < -0.3 is 25.0 Å². The van der Waals surface area contributed by atoms with Crippen LogP contribution in [0.4, 0.5) is 29.8 Å². The number of thiazole rings is 1. The van der Waals surface area contributed by atoms with E-state index in [1.807, 2.05) is 48.2 Å². The SMILES string of the molecule is Cc1c(OCCCN2CCN(CC(=O)Nc3ccc4c(C5CCC(=O)NC5=O)nn(C)c4c3)C(C(F)(F)F)C2)cccc1-c1ccc(N2CCc3cccc(C(=O)Nc4nc5ccccc5s4)c3C2)nc1C(=O)O. The Balaban J connectivity index is 0.743. The minimum atomic E-state index is -4.60. The van der Waals surface area contributed by atoms with Crippen molar-refractivity contribution in [2.24, 2.45) is 7.05 Å². The van der Waals surface area contributed by atoms with Crippen molar-refractivity contribution in [3.8, 4) is 16.9 Å². The molecule has 3 aliphatic heterocycles. The number of ether oxygens (including phenoxy) is 1. The number of aryl methyl sites for hydroxylation is 1. The Morgan fingerprint density at radius 2 is 1.74 bits per heavy atom. The number of carboxylic acids is 1. The molecular weight excluding hydrogens is 978 g/mol. The number of alkyl halides is 3. The number of halogens is 3. The Bertz CT molecular complexity index is 3330. The Morgan fingerprint density at radius 3 is 2.54 bits per heavy atom. The number of carbonyl (C=O) groups excluding carboxylic acids is 4. The number of benzene rings is 4. The lowest BCUT2D eigenvalue weighted by atomic mass is 9.93. The molecule has 7 aromatic rings.